The van der Waals surface area contributed by atoms with Gasteiger partial charge in [0.1, 0.15) is 5.75 Å². The van der Waals surface area contributed by atoms with Crippen LogP contribution in [0.25, 0.3) is 0 Å². The second-order valence-corrected chi connectivity index (χ2v) is 5.02. The third kappa shape index (κ3) is 3.85. The molecule has 0 saturated carbocycles. The van der Waals surface area contributed by atoms with Crippen LogP contribution in [-0.4, -0.2) is 17.6 Å². The number of phenolic OH excluding ortho intramolecular Hbond substituents is 1. The van der Waals surface area contributed by atoms with Gasteiger partial charge in [0.2, 0.25) is 0 Å². The molecule has 0 bridgehead atoms. The maximum Gasteiger partial charge on any atom is 0.262 e. The Hall–Kier alpha value is -2.29. The van der Waals surface area contributed by atoms with E-state index in [1.807, 2.05) is 30.3 Å². The lowest BCUT2D eigenvalue weighted by atomic mass is 10.1. The molecule has 0 aliphatic carbocycles. The van der Waals surface area contributed by atoms with Crippen molar-refractivity contribution in [2.45, 2.75) is 26.2 Å². The predicted octanol–water partition coefficient (Wildman–Crippen LogP) is 4.23. The Kier molecular flexibility index (Phi) is 5.38. The van der Waals surface area contributed by atoms with Crippen molar-refractivity contribution < 1.29 is 9.90 Å². The van der Waals surface area contributed by atoms with Crippen molar-refractivity contribution >= 4 is 11.6 Å². The average molecular weight is 283 g/mol. The smallest absolute Gasteiger partial charge is 0.262 e. The lowest BCUT2D eigenvalue weighted by Gasteiger charge is -2.23. The largest absolute Gasteiger partial charge is 0.507 e. The minimum Gasteiger partial charge on any atom is -0.507 e. The fourth-order valence-corrected chi connectivity index (χ4v) is 2.28. The normalized spacial score (nSPS) is 10.3. The van der Waals surface area contributed by atoms with Gasteiger partial charge >= 0.3 is 0 Å². The second kappa shape index (κ2) is 7.48. The van der Waals surface area contributed by atoms with Gasteiger partial charge in [-0.2, -0.15) is 0 Å². The van der Waals surface area contributed by atoms with Gasteiger partial charge in [0, 0.05) is 12.2 Å². The van der Waals surface area contributed by atoms with Crippen molar-refractivity contribution in [3.8, 4) is 5.75 Å². The van der Waals surface area contributed by atoms with Crippen molar-refractivity contribution in [3.63, 3.8) is 0 Å². The molecule has 1 N–H and O–H groups in total. The molecule has 0 unspecified atom stereocenters. The van der Waals surface area contributed by atoms with Gasteiger partial charge in [-0.1, -0.05) is 50.1 Å². The van der Waals surface area contributed by atoms with E-state index in [1.54, 1.807) is 29.2 Å². The highest BCUT2D eigenvalue weighted by molar-refractivity contribution is 6.07. The predicted molar refractivity (Wildman–Crippen MR) is 85.8 cm³/mol. The topological polar surface area (TPSA) is 40.5 Å². The van der Waals surface area contributed by atoms with Crippen LogP contribution < -0.4 is 4.90 Å². The second-order valence-electron chi connectivity index (χ2n) is 5.02. The number of aromatic hydroxyl groups is 1. The number of anilines is 1. The summed E-state index contributed by atoms with van der Waals surface area (Å²) in [5.74, 6) is -0.130. The third-order valence-corrected chi connectivity index (χ3v) is 3.43. The minimum absolute atomic E-state index is 0.0268. The molecular formula is C18H21NO2. The van der Waals surface area contributed by atoms with Gasteiger partial charge in [-0.05, 0) is 30.7 Å². The number of amides is 1. The fourth-order valence-electron chi connectivity index (χ4n) is 2.28. The number of para-hydroxylation sites is 2. The van der Waals surface area contributed by atoms with E-state index >= 15 is 0 Å². The highest BCUT2D eigenvalue weighted by Gasteiger charge is 2.19. The minimum atomic E-state index is -0.157. The van der Waals surface area contributed by atoms with Crippen LogP contribution in [-0.2, 0) is 0 Å². The Balaban J connectivity index is 2.27. The molecule has 110 valence electrons. The van der Waals surface area contributed by atoms with Gasteiger partial charge in [-0.3, -0.25) is 4.79 Å². The Morgan fingerprint density at radius 2 is 1.67 bits per heavy atom. The molecule has 3 nitrogen and oxygen atoms in total. The number of carbonyl (C=O) groups is 1. The molecule has 0 atom stereocenters. The molecule has 1 amide bonds. The van der Waals surface area contributed by atoms with Crippen LogP contribution in [0.15, 0.2) is 54.6 Å². The van der Waals surface area contributed by atoms with E-state index in [2.05, 4.69) is 6.92 Å². The van der Waals surface area contributed by atoms with Crippen LogP contribution in [0.3, 0.4) is 0 Å². The van der Waals surface area contributed by atoms with Crippen molar-refractivity contribution in [1.82, 2.24) is 0 Å². The van der Waals surface area contributed by atoms with Crippen molar-refractivity contribution in [2.75, 3.05) is 11.4 Å². The monoisotopic (exact) mass is 283 g/mol. The molecule has 0 radical (unpaired) electrons. The van der Waals surface area contributed by atoms with Gasteiger partial charge in [-0.15, -0.1) is 0 Å². The van der Waals surface area contributed by atoms with Crippen LogP contribution >= 0.6 is 0 Å². The van der Waals surface area contributed by atoms with Crippen LogP contribution in [0.5, 0.6) is 5.75 Å². The average Bonchev–Trinajstić information content (AvgIpc) is 2.52. The molecular weight excluding hydrogens is 262 g/mol. The molecule has 0 saturated heterocycles. The molecule has 3 heteroatoms. The van der Waals surface area contributed by atoms with E-state index < -0.39 is 0 Å². The Bertz CT molecular complexity index is 581. The van der Waals surface area contributed by atoms with Crippen molar-refractivity contribution in [1.29, 1.82) is 0 Å². The van der Waals surface area contributed by atoms with E-state index in [4.69, 9.17) is 0 Å². The molecule has 0 fully saturated rings. The lowest BCUT2D eigenvalue weighted by Crippen LogP contribution is -2.32. The van der Waals surface area contributed by atoms with Crippen LogP contribution in [0, 0.1) is 0 Å². The summed E-state index contributed by atoms with van der Waals surface area (Å²) in [6.07, 6.45) is 3.13. The molecule has 0 aliphatic heterocycles. The van der Waals surface area contributed by atoms with Gasteiger partial charge in [0.05, 0.1) is 5.56 Å². The summed E-state index contributed by atoms with van der Waals surface area (Å²) < 4.78 is 0. The molecule has 2 aromatic rings. The number of rotatable bonds is 6. The van der Waals surface area contributed by atoms with Crippen LogP contribution in [0.1, 0.15) is 36.5 Å². The van der Waals surface area contributed by atoms with Gasteiger partial charge in [0.25, 0.3) is 5.91 Å². The molecule has 21 heavy (non-hydrogen) atoms. The number of carbonyl (C=O) groups excluding carboxylic acids is 1. The van der Waals surface area contributed by atoms with E-state index in [1.165, 1.54) is 0 Å². The molecule has 0 aliphatic rings. The first kappa shape index (κ1) is 15.1. The number of nitrogens with zero attached hydrogens (tertiary/aromatic N) is 1. The summed E-state index contributed by atoms with van der Waals surface area (Å²) in [7, 11) is 0. The third-order valence-electron chi connectivity index (χ3n) is 3.43. The summed E-state index contributed by atoms with van der Waals surface area (Å²) in [6.45, 7) is 2.79. The standard InChI is InChI=1S/C18H21NO2/c1-2-3-9-14-19(15-10-5-4-6-11-15)18(21)16-12-7-8-13-17(16)20/h4-8,10-13,20H,2-3,9,14H2,1H3. The van der Waals surface area contributed by atoms with E-state index in [0.717, 1.165) is 24.9 Å². The van der Waals surface area contributed by atoms with Crippen molar-refractivity contribution in [2.24, 2.45) is 0 Å². The van der Waals surface area contributed by atoms with Gasteiger partial charge in [0.15, 0.2) is 0 Å². The van der Waals surface area contributed by atoms with E-state index in [0.29, 0.717) is 12.1 Å². The number of hydrogen-bond acceptors (Lipinski definition) is 2. The molecule has 2 aromatic carbocycles. The number of unbranched alkanes of at least 4 members (excludes halogenated alkanes) is 2. The Morgan fingerprint density at radius 1 is 1.00 bits per heavy atom. The highest BCUT2D eigenvalue weighted by atomic mass is 16.3. The molecule has 0 spiro atoms. The van der Waals surface area contributed by atoms with E-state index in [9.17, 15) is 9.90 Å². The zero-order valence-electron chi connectivity index (χ0n) is 12.3. The highest BCUT2D eigenvalue weighted by Crippen LogP contribution is 2.22. The number of hydrogen-bond donors (Lipinski definition) is 1. The number of phenols is 1. The Morgan fingerprint density at radius 3 is 2.33 bits per heavy atom. The van der Waals surface area contributed by atoms with Crippen molar-refractivity contribution in [3.05, 3.63) is 60.2 Å². The van der Waals surface area contributed by atoms with Gasteiger partial charge < -0.3 is 10.0 Å². The zero-order chi connectivity index (χ0) is 15.1. The molecule has 0 heterocycles. The summed E-state index contributed by atoms with van der Waals surface area (Å²) >= 11 is 0. The molecule has 0 aromatic heterocycles. The summed E-state index contributed by atoms with van der Waals surface area (Å²) in [5, 5.41) is 9.90. The number of benzene rings is 2. The first-order chi connectivity index (χ1) is 10.2. The Labute approximate surface area is 125 Å². The summed E-state index contributed by atoms with van der Waals surface area (Å²) in [5.41, 5.74) is 1.21. The SMILES string of the molecule is CCCCCN(C(=O)c1ccccc1O)c1ccccc1. The van der Waals surface area contributed by atoms with Gasteiger partial charge in [-0.25, -0.2) is 0 Å². The quantitative estimate of drug-likeness (QED) is 0.806. The summed E-state index contributed by atoms with van der Waals surface area (Å²) in [4.78, 5) is 14.5. The zero-order valence-corrected chi connectivity index (χ0v) is 12.3. The maximum absolute atomic E-state index is 12.7. The van der Waals surface area contributed by atoms with E-state index in [-0.39, 0.29) is 11.7 Å². The molecule has 2 rings (SSSR count). The summed E-state index contributed by atoms with van der Waals surface area (Å²) in [6, 6.07) is 16.3. The maximum atomic E-state index is 12.7. The van der Waals surface area contributed by atoms with Crippen LogP contribution in [0.2, 0.25) is 0 Å². The fraction of sp³-hybridized carbons (Fsp3) is 0.278. The lowest BCUT2D eigenvalue weighted by molar-refractivity contribution is 0.0984. The van der Waals surface area contributed by atoms with Crippen LogP contribution in [0.4, 0.5) is 5.69 Å². The first-order valence-electron chi connectivity index (χ1n) is 7.39. The first-order valence-corrected chi connectivity index (χ1v) is 7.39.